The van der Waals surface area contributed by atoms with Gasteiger partial charge in [-0.25, -0.2) is 14.6 Å². The van der Waals surface area contributed by atoms with E-state index < -0.39 is 0 Å². The highest BCUT2D eigenvalue weighted by Gasteiger charge is 2.18. The van der Waals surface area contributed by atoms with Gasteiger partial charge < -0.3 is 16.9 Å². The Bertz CT molecular complexity index is 597. The van der Waals surface area contributed by atoms with Crippen LogP contribution in [-0.4, -0.2) is 19.7 Å². The maximum atomic E-state index is 5.89. The normalized spacial score (nSPS) is 12.3. The Labute approximate surface area is 104 Å². The van der Waals surface area contributed by atoms with Crippen molar-refractivity contribution in [1.82, 2.24) is 25.2 Å². The standard InChI is InChI=1S/C10H16N8/c1-5(2)18-10-7(9(12)14-4-15-10)8(17-18)6(11)3-16-13/h3-5,16H,11,13H2,1-2H3,(H2,12,14,15)/b6-3-. The van der Waals surface area contributed by atoms with Gasteiger partial charge in [0.25, 0.3) is 0 Å². The SMILES string of the molecule is CC(C)n1nc(/C(N)=C/NN)c2c(N)ncnc21. The summed E-state index contributed by atoms with van der Waals surface area (Å²) in [5, 5.41) is 5.05. The maximum absolute atomic E-state index is 5.89. The molecule has 2 aromatic rings. The average molecular weight is 248 g/mol. The van der Waals surface area contributed by atoms with Gasteiger partial charge in [0.05, 0.1) is 11.1 Å². The molecule has 18 heavy (non-hydrogen) atoms. The number of hydrogen-bond acceptors (Lipinski definition) is 7. The monoisotopic (exact) mass is 248 g/mol. The largest absolute Gasteiger partial charge is 0.396 e. The van der Waals surface area contributed by atoms with E-state index in [1.165, 1.54) is 12.5 Å². The van der Waals surface area contributed by atoms with Gasteiger partial charge in [-0.1, -0.05) is 0 Å². The first kappa shape index (κ1) is 12.1. The van der Waals surface area contributed by atoms with E-state index >= 15 is 0 Å². The van der Waals surface area contributed by atoms with Crippen LogP contribution in [0.25, 0.3) is 16.7 Å². The summed E-state index contributed by atoms with van der Waals surface area (Å²) >= 11 is 0. The van der Waals surface area contributed by atoms with Crippen molar-refractivity contribution in [3.63, 3.8) is 0 Å². The molecule has 0 aliphatic carbocycles. The zero-order chi connectivity index (χ0) is 13.3. The number of nitrogens with two attached hydrogens (primary N) is 3. The number of fused-ring (bicyclic) bond motifs is 1. The molecule has 0 fully saturated rings. The Kier molecular flexibility index (Phi) is 3.02. The molecule has 0 aliphatic rings. The van der Waals surface area contributed by atoms with E-state index in [2.05, 4.69) is 20.5 Å². The Morgan fingerprint density at radius 1 is 1.44 bits per heavy atom. The topological polar surface area (TPSA) is 134 Å². The Balaban J connectivity index is 2.78. The van der Waals surface area contributed by atoms with Crippen LogP contribution in [-0.2, 0) is 0 Å². The van der Waals surface area contributed by atoms with Crippen molar-refractivity contribution in [3.05, 3.63) is 18.2 Å². The fourth-order valence-corrected chi connectivity index (χ4v) is 1.72. The molecule has 0 atom stereocenters. The van der Waals surface area contributed by atoms with Crippen LogP contribution in [0.1, 0.15) is 25.6 Å². The van der Waals surface area contributed by atoms with Gasteiger partial charge in [-0.15, -0.1) is 0 Å². The number of hydrazine groups is 1. The lowest BCUT2D eigenvalue weighted by Gasteiger charge is -2.05. The highest BCUT2D eigenvalue weighted by molar-refractivity contribution is 5.94. The zero-order valence-electron chi connectivity index (χ0n) is 10.3. The molecule has 2 rings (SSSR count). The van der Waals surface area contributed by atoms with Gasteiger partial charge in [0.2, 0.25) is 0 Å². The van der Waals surface area contributed by atoms with Gasteiger partial charge in [0, 0.05) is 12.2 Å². The van der Waals surface area contributed by atoms with E-state index in [0.29, 0.717) is 28.2 Å². The van der Waals surface area contributed by atoms with Crippen molar-refractivity contribution in [2.45, 2.75) is 19.9 Å². The smallest absolute Gasteiger partial charge is 0.164 e. The quantitative estimate of drug-likeness (QED) is 0.433. The maximum Gasteiger partial charge on any atom is 0.164 e. The summed E-state index contributed by atoms with van der Waals surface area (Å²) in [6.45, 7) is 3.99. The van der Waals surface area contributed by atoms with Crippen LogP contribution in [0.2, 0.25) is 0 Å². The fourth-order valence-electron chi connectivity index (χ4n) is 1.72. The molecule has 0 aromatic carbocycles. The molecule has 0 saturated carbocycles. The molecule has 0 saturated heterocycles. The number of rotatable bonds is 3. The summed E-state index contributed by atoms with van der Waals surface area (Å²) < 4.78 is 1.75. The second-order valence-corrected chi connectivity index (χ2v) is 4.11. The number of nitrogen functional groups attached to an aromatic ring is 1. The van der Waals surface area contributed by atoms with E-state index in [9.17, 15) is 0 Å². The number of aromatic nitrogens is 4. The molecule has 7 N–H and O–H groups in total. The second-order valence-electron chi connectivity index (χ2n) is 4.11. The van der Waals surface area contributed by atoms with Gasteiger partial charge in [-0.2, -0.15) is 5.10 Å². The summed E-state index contributed by atoms with van der Waals surface area (Å²) in [7, 11) is 0. The second kappa shape index (κ2) is 4.49. The molecule has 8 nitrogen and oxygen atoms in total. The number of nitrogens with one attached hydrogen (secondary N) is 1. The van der Waals surface area contributed by atoms with E-state index in [4.69, 9.17) is 17.3 Å². The first-order valence-corrected chi connectivity index (χ1v) is 5.47. The van der Waals surface area contributed by atoms with Crippen molar-refractivity contribution < 1.29 is 0 Å². The van der Waals surface area contributed by atoms with Crippen molar-refractivity contribution in [1.29, 1.82) is 0 Å². The molecule has 8 heteroatoms. The van der Waals surface area contributed by atoms with Crippen LogP contribution >= 0.6 is 0 Å². The van der Waals surface area contributed by atoms with Crippen LogP contribution < -0.4 is 22.7 Å². The van der Waals surface area contributed by atoms with Gasteiger partial charge in [-0.05, 0) is 13.8 Å². The number of hydrogen-bond donors (Lipinski definition) is 4. The minimum absolute atomic E-state index is 0.134. The van der Waals surface area contributed by atoms with Gasteiger partial charge in [0.1, 0.15) is 17.8 Å². The third kappa shape index (κ3) is 1.82. The molecule has 0 unspecified atom stereocenters. The molecule has 0 spiro atoms. The molecule has 0 bridgehead atoms. The Morgan fingerprint density at radius 2 is 2.17 bits per heavy atom. The van der Waals surface area contributed by atoms with Gasteiger partial charge >= 0.3 is 0 Å². The third-order valence-corrected chi connectivity index (χ3v) is 2.52. The van der Waals surface area contributed by atoms with Crippen LogP contribution in [0.15, 0.2) is 12.5 Å². The van der Waals surface area contributed by atoms with E-state index in [1.807, 2.05) is 13.8 Å². The fraction of sp³-hybridized carbons (Fsp3) is 0.300. The lowest BCUT2D eigenvalue weighted by molar-refractivity contribution is 0.544. The van der Waals surface area contributed by atoms with Crippen molar-refractivity contribution in [2.24, 2.45) is 11.6 Å². The molecular formula is C10H16N8. The van der Waals surface area contributed by atoms with Crippen LogP contribution in [0.4, 0.5) is 5.82 Å². The predicted octanol–water partition coefficient (Wildman–Crippen LogP) is -0.290. The minimum atomic E-state index is 0.134. The average Bonchev–Trinajstić information content (AvgIpc) is 2.70. The lowest BCUT2D eigenvalue weighted by atomic mass is 10.2. The Morgan fingerprint density at radius 3 is 2.78 bits per heavy atom. The molecule has 2 aromatic heterocycles. The molecule has 0 amide bonds. The third-order valence-electron chi connectivity index (χ3n) is 2.52. The van der Waals surface area contributed by atoms with Crippen molar-refractivity contribution >= 4 is 22.5 Å². The van der Waals surface area contributed by atoms with Crippen LogP contribution in [0.3, 0.4) is 0 Å². The van der Waals surface area contributed by atoms with Crippen molar-refractivity contribution in [3.8, 4) is 0 Å². The molecular weight excluding hydrogens is 232 g/mol. The lowest BCUT2D eigenvalue weighted by Crippen LogP contribution is -2.16. The molecule has 96 valence electrons. The molecule has 2 heterocycles. The minimum Gasteiger partial charge on any atom is -0.396 e. The Hall–Kier alpha value is -2.35. The van der Waals surface area contributed by atoms with Crippen molar-refractivity contribution in [2.75, 3.05) is 5.73 Å². The highest BCUT2D eigenvalue weighted by atomic mass is 15.3. The first-order chi connectivity index (χ1) is 8.56. The van der Waals surface area contributed by atoms with E-state index in [-0.39, 0.29) is 6.04 Å². The van der Waals surface area contributed by atoms with Crippen LogP contribution in [0, 0.1) is 0 Å². The first-order valence-electron chi connectivity index (χ1n) is 5.47. The number of anilines is 1. The summed E-state index contributed by atoms with van der Waals surface area (Å²) in [4.78, 5) is 8.16. The van der Waals surface area contributed by atoms with Gasteiger partial charge in [-0.3, -0.25) is 5.84 Å². The summed E-state index contributed by atoms with van der Waals surface area (Å²) in [5.74, 6) is 5.55. The zero-order valence-corrected chi connectivity index (χ0v) is 10.3. The van der Waals surface area contributed by atoms with E-state index in [0.717, 1.165) is 0 Å². The van der Waals surface area contributed by atoms with Crippen LogP contribution in [0.5, 0.6) is 0 Å². The van der Waals surface area contributed by atoms with E-state index in [1.54, 1.807) is 4.68 Å². The predicted molar refractivity (Wildman–Crippen MR) is 69.6 cm³/mol. The van der Waals surface area contributed by atoms with Gasteiger partial charge in [0.15, 0.2) is 5.65 Å². The summed E-state index contributed by atoms with van der Waals surface area (Å²) in [5.41, 5.74) is 15.7. The summed E-state index contributed by atoms with van der Waals surface area (Å²) in [6, 6.07) is 0.134. The highest BCUT2D eigenvalue weighted by Crippen LogP contribution is 2.26. The molecule has 0 aliphatic heterocycles. The number of nitrogens with zero attached hydrogens (tertiary/aromatic N) is 4. The summed E-state index contributed by atoms with van der Waals surface area (Å²) in [6.07, 6.45) is 2.85. The molecule has 0 radical (unpaired) electrons.